The number of aromatic nitrogens is 3. The molecule has 7 heteroatoms. The first-order valence-electron chi connectivity index (χ1n) is 10.3. The lowest BCUT2D eigenvalue weighted by Crippen LogP contribution is -2.52. The summed E-state index contributed by atoms with van der Waals surface area (Å²) >= 11 is 0. The Morgan fingerprint density at radius 3 is 2.75 bits per heavy atom. The van der Waals surface area contributed by atoms with Crippen molar-refractivity contribution in [3.63, 3.8) is 0 Å². The van der Waals surface area contributed by atoms with Crippen LogP contribution in [-0.4, -0.2) is 69.5 Å². The largest absolute Gasteiger partial charge is 0.370 e. The topological polar surface area (TPSA) is 63.5 Å². The van der Waals surface area contributed by atoms with Crippen molar-refractivity contribution in [3.8, 4) is 0 Å². The van der Waals surface area contributed by atoms with Crippen molar-refractivity contribution in [2.45, 2.75) is 43.9 Å². The molecule has 0 N–H and O–H groups in total. The highest BCUT2D eigenvalue weighted by Crippen LogP contribution is 2.31. The zero-order valence-electron chi connectivity index (χ0n) is 16.1. The molecular weight excluding hydrogens is 354 g/mol. The number of rotatable bonds is 3. The third-order valence-electron chi connectivity index (χ3n) is 6.50. The molecular formula is C21H27N5O2. The van der Waals surface area contributed by atoms with Crippen LogP contribution in [0.1, 0.15) is 42.5 Å². The van der Waals surface area contributed by atoms with Crippen molar-refractivity contribution >= 4 is 5.91 Å². The van der Waals surface area contributed by atoms with Crippen LogP contribution >= 0.6 is 0 Å². The molecule has 5 rings (SSSR count). The second-order valence-corrected chi connectivity index (χ2v) is 8.18. The molecule has 28 heavy (non-hydrogen) atoms. The number of hydrogen-bond acceptors (Lipinski definition) is 5. The summed E-state index contributed by atoms with van der Waals surface area (Å²) in [6, 6.07) is 10.8. The fraction of sp³-hybridized carbons (Fsp3) is 0.571. The highest BCUT2D eigenvalue weighted by Gasteiger charge is 2.38. The fourth-order valence-electron chi connectivity index (χ4n) is 4.85. The van der Waals surface area contributed by atoms with Gasteiger partial charge < -0.3 is 9.64 Å². The molecule has 0 bridgehead atoms. The molecule has 0 aliphatic carbocycles. The van der Waals surface area contributed by atoms with Gasteiger partial charge in [0, 0.05) is 13.1 Å². The Morgan fingerprint density at radius 2 is 1.93 bits per heavy atom. The number of carbonyl (C=O) groups is 1. The minimum atomic E-state index is 0.0905. The van der Waals surface area contributed by atoms with Crippen LogP contribution in [-0.2, 0) is 16.1 Å². The quantitative estimate of drug-likeness (QED) is 0.812. The molecule has 1 aromatic heterocycles. The molecule has 0 saturated carbocycles. The number of fused-ring (bicyclic) bond motifs is 3. The average Bonchev–Trinajstić information content (AvgIpc) is 3.24. The van der Waals surface area contributed by atoms with E-state index in [9.17, 15) is 4.79 Å². The minimum Gasteiger partial charge on any atom is -0.370 e. The molecule has 4 heterocycles. The van der Waals surface area contributed by atoms with Gasteiger partial charge in [0.05, 0.1) is 37.2 Å². The van der Waals surface area contributed by atoms with Gasteiger partial charge >= 0.3 is 0 Å². The number of piperidine rings is 2. The van der Waals surface area contributed by atoms with Gasteiger partial charge in [-0.25, -0.2) is 4.68 Å². The summed E-state index contributed by atoms with van der Waals surface area (Å²) in [4.78, 5) is 17.2. The van der Waals surface area contributed by atoms with Gasteiger partial charge in [-0.1, -0.05) is 35.5 Å². The highest BCUT2D eigenvalue weighted by molar-refractivity contribution is 5.78. The van der Waals surface area contributed by atoms with Gasteiger partial charge in [0.15, 0.2) is 0 Å². The highest BCUT2D eigenvalue weighted by atomic mass is 16.5. The Labute approximate surface area is 165 Å². The van der Waals surface area contributed by atoms with Crippen molar-refractivity contribution < 1.29 is 9.53 Å². The minimum absolute atomic E-state index is 0.0905. The number of ether oxygens (including phenoxy) is 1. The summed E-state index contributed by atoms with van der Waals surface area (Å²) in [7, 11) is 0. The molecule has 2 fully saturated rings. The van der Waals surface area contributed by atoms with E-state index in [-0.39, 0.29) is 18.1 Å². The van der Waals surface area contributed by atoms with Gasteiger partial charge in [-0.05, 0) is 43.8 Å². The molecule has 3 aliphatic rings. The Bertz CT molecular complexity index is 815. The van der Waals surface area contributed by atoms with Crippen LogP contribution in [0.2, 0.25) is 0 Å². The number of benzene rings is 1. The predicted octanol–water partition coefficient (Wildman–Crippen LogP) is 1.83. The molecule has 2 unspecified atom stereocenters. The summed E-state index contributed by atoms with van der Waals surface area (Å²) in [6.45, 7) is 4.50. The third kappa shape index (κ3) is 3.44. The van der Waals surface area contributed by atoms with Gasteiger partial charge in [-0.3, -0.25) is 9.69 Å². The Kier molecular flexibility index (Phi) is 4.86. The molecule has 3 aliphatic heterocycles. The fourth-order valence-corrected chi connectivity index (χ4v) is 4.85. The molecule has 1 amide bonds. The summed E-state index contributed by atoms with van der Waals surface area (Å²) < 4.78 is 7.91. The van der Waals surface area contributed by atoms with Crippen LogP contribution in [0, 0.1) is 0 Å². The lowest BCUT2D eigenvalue weighted by Gasteiger charge is -2.41. The normalized spacial score (nSPS) is 25.9. The first-order chi connectivity index (χ1) is 13.8. The second-order valence-electron chi connectivity index (χ2n) is 8.18. The monoisotopic (exact) mass is 381 g/mol. The summed E-state index contributed by atoms with van der Waals surface area (Å²) in [5, 5.41) is 8.24. The SMILES string of the molecule is O=C(CN1CCC(c2ccccc2)CC1)N1CCC2OCc3cnnn3C2C1. The van der Waals surface area contributed by atoms with E-state index < -0.39 is 0 Å². The number of nitrogens with zero attached hydrogens (tertiary/aromatic N) is 5. The van der Waals surface area contributed by atoms with E-state index >= 15 is 0 Å². The lowest BCUT2D eigenvalue weighted by atomic mass is 9.89. The van der Waals surface area contributed by atoms with Crippen LogP contribution in [0.4, 0.5) is 0 Å². The molecule has 0 radical (unpaired) electrons. The summed E-state index contributed by atoms with van der Waals surface area (Å²) in [5.74, 6) is 0.845. The molecule has 1 aromatic carbocycles. The van der Waals surface area contributed by atoms with Gasteiger partial charge in [0.25, 0.3) is 0 Å². The van der Waals surface area contributed by atoms with Crippen molar-refractivity contribution in [2.24, 2.45) is 0 Å². The molecule has 7 nitrogen and oxygen atoms in total. The second kappa shape index (κ2) is 7.64. The van der Waals surface area contributed by atoms with Crippen LogP contribution in [0.5, 0.6) is 0 Å². The molecule has 0 spiro atoms. The number of hydrogen-bond donors (Lipinski definition) is 0. The van der Waals surface area contributed by atoms with Gasteiger partial charge in [0.1, 0.15) is 0 Å². The molecule has 148 valence electrons. The Morgan fingerprint density at radius 1 is 1.11 bits per heavy atom. The van der Waals surface area contributed by atoms with Crippen molar-refractivity contribution in [1.82, 2.24) is 24.8 Å². The Hall–Kier alpha value is -2.25. The number of carbonyl (C=O) groups excluding carboxylic acids is 1. The van der Waals surface area contributed by atoms with Gasteiger partial charge in [0.2, 0.25) is 5.91 Å². The van der Waals surface area contributed by atoms with E-state index in [1.807, 2.05) is 9.58 Å². The van der Waals surface area contributed by atoms with E-state index in [1.165, 1.54) is 5.56 Å². The molecule has 2 aromatic rings. The predicted molar refractivity (Wildman–Crippen MR) is 104 cm³/mol. The first-order valence-corrected chi connectivity index (χ1v) is 10.3. The van der Waals surface area contributed by atoms with E-state index in [2.05, 4.69) is 45.5 Å². The standard InChI is InChI=1S/C21H27N5O2/c27-21(14-24-9-6-17(7-10-24)16-4-2-1-3-5-16)25-11-8-20-19(13-25)26-18(15-28-20)12-22-23-26/h1-5,12,17,19-20H,6-11,13-15H2. The zero-order chi connectivity index (χ0) is 18.9. The number of amides is 1. The average molecular weight is 381 g/mol. The van der Waals surface area contributed by atoms with Gasteiger partial charge in [-0.2, -0.15) is 0 Å². The Balaban J connectivity index is 1.16. The van der Waals surface area contributed by atoms with E-state index in [4.69, 9.17) is 4.74 Å². The number of likely N-dealkylation sites (tertiary alicyclic amines) is 2. The molecule has 2 atom stereocenters. The van der Waals surface area contributed by atoms with Crippen molar-refractivity contribution in [1.29, 1.82) is 0 Å². The molecule has 2 saturated heterocycles. The van der Waals surface area contributed by atoms with Crippen LogP contribution in [0.15, 0.2) is 36.5 Å². The van der Waals surface area contributed by atoms with Crippen LogP contribution in [0.3, 0.4) is 0 Å². The van der Waals surface area contributed by atoms with Crippen molar-refractivity contribution in [3.05, 3.63) is 47.8 Å². The maximum atomic E-state index is 12.9. The van der Waals surface area contributed by atoms with Crippen LogP contribution in [0.25, 0.3) is 0 Å². The van der Waals surface area contributed by atoms with Crippen LogP contribution < -0.4 is 0 Å². The maximum absolute atomic E-state index is 12.9. The smallest absolute Gasteiger partial charge is 0.236 e. The first kappa shape index (κ1) is 17.8. The third-order valence-corrected chi connectivity index (χ3v) is 6.50. The van der Waals surface area contributed by atoms with E-state index in [0.29, 0.717) is 25.6 Å². The van der Waals surface area contributed by atoms with Gasteiger partial charge in [-0.15, -0.1) is 5.10 Å². The van der Waals surface area contributed by atoms with E-state index in [1.54, 1.807) is 6.20 Å². The van der Waals surface area contributed by atoms with Crippen molar-refractivity contribution in [2.75, 3.05) is 32.7 Å². The zero-order valence-corrected chi connectivity index (χ0v) is 16.1. The maximum Gasteiger partial charge on any atom is 0.236 e. The summed E-state index contributed by atoms with van der Waals surface area (Å²) in [6.07, 6.45) is 5.01. The summed E-state index contributed by atoms with van der Waals surface area (Å²) in [5.41, 5.74) is 2.43. The van der Waals surface area contributed by atoms with E-state index in [0.717, 1.165) is 44.6 Å². The lowest BCUT2D eigenvalue weighted by molar-refractivity contribution is -0.139.